The number of hydrogen-bond donors (Lipinski definition) is 1. The Morgan fingerprint density at radius 2 is 2.31 bits per heavy atom. The molecule has 0 aliphatic heterocycles. The van der Waals surface area contributed by atoms with Crippen LogP contribution in [0.2, 0.25) is 0 Å². The van der Waals surface area contributed by atoms with Crippen molar-refractivity contribution in [1.29, 1.82) is 0 Å². The number of anilines is 1. The van der Waals surface area contributed by atoms with E-state index in [1.165, 1.54) is 12.1 Å². The van der Waals surface area contributed by atoms with Gasteiger partial charge >= 0.3 is 0 Å². The van der Waals surface area contributed by atoms with Crippen LogP contribution in [0.3, 0.4) is 0 Å². The van der Waals surface area contributed by atoms with Gasteiger partial charge in [0.05, 0.1) is 10.6 Å². The highest BCUT2D eigenvalue weighted by molar-refractivity contribution is 9.10. The first-order valence-corrected chi connectivity index (χ1v) is 6.91. The van der Waals surface area contributed by atoms with Crippen LogP contribution in [0.5, 0.6) is 0 Å². The number of hydrogen-bond acceptors (Lipinski definition) is 3. The lowest BCUT2D eigenvalue weighted by Gasteiger charge is -2.04. The molecule has 2 unspecified atom stereocenters. The molecule has 0 bridgehead atoms. The Balaban J connectivity index is 2.98. The highest BCUT2D eigenvalue weighted by atomic mass is 79.9. The molecule has 0 amide bonds. The Morgan fingerprint density at radius 1 is 1.62 bits per heavy atom. The van der Waals surface area contributed by atoms with Gasteiger partial charge < -0.3 is 5.09 Å². The molecule has 7 heteroatoms. The van der Waals surface area contributed by atoms with Gasteiger partial charge in [-0.05, 0) is 30.4 Å². The molecule has 70 valence electrons. The molecule has 2 atom stereocenters. The minimum Gasteiger partial charge on any atom is -0.363 e. The number of halogens is 1. The van der Waals surface area contributed by atoms with E-state index in [2.05, 4.69) is 29.9 Å². The third kappa shape index (κ3) is 2.87. The van der Waals surface area contributed by atoms with Crippen molar-refractivity contribution in [1.82, 2.24) is 0 Å². The van der Waals surface area contributed by atoms with Gasteiger partial charge in [-0.25, -0.2) is 0 Å². The van der Waals surface area contributed by atoms with Crippen molar-refractivity contribution in [2.24, 2.45) is 0 Å². The fourth-order valence-corrected chi connectivity index (χ4v) is 2.29. The molecule has 0 aromatic heterocycles. The van der Waals surface area contributed by atoms with E-state index in [4.69, 9.17) is 0 Å². The van der Waals surface area contributed by atoms with Gasteiger partial charge in [0, 0.05) is 16.6 Å². The quantitative estimate of drug-likeness (QED) is 0.526. The highest BCUT2D eigenvalue weighted by Gasteiger charge is 2.07. The summed E-state index contributed by atoms with van der Waals surface area (Å²) in [6.45, 7) is 0. The minimum atomic E-state index is -0.419. The van der Waals surface area contributed by atoms with Crippen molar-refractivity contribution in [3.63, 3.8) is 0 Å². The highest BCUT2D eigenvalue weighted by Crippen LogP contribution is 2.32. The zero-order valence-electron chi connectivity index (χ0n) is 6.45. The molecule has 1 N–H and O–H groups in total. The first-order chi connectivity index (χ1) is 6.15. The van der Waals surface area contributed by atoms with E-state index >= 15 is 0 Å². The smallest absolute Gasteiger partial charge is 0.270 e. The van der Waals surface area contributed by atoms with Gasteiger partial charge in [0.1, 0.15) is 0 Å². The van der Waals surface area contributed by atoms with Gasteiger partial charge in [-0.15, -0.1) is 0 Å². The summed E-state index contributed by atoms with van der Waals surface area (Å²) < 4.78 is 0.705. The predicted octanol–water partition coefficient (Wildman–Crippen LogP) is 3.15. The zero-order valence-corrected chi connectivity index (χ0v) is 10.2. The summed E-state index contributed by atoms with van der Waals surface area (Å²) in [7, 11) is 3.03. The molecule has 0 saturated heterocycles. The fourth-order valence-electron chi connectivity index (χ4n) is 0.797. The topological polar surface area (TPSA) is 55.2 Å². The molecule has 0 aliphatic rings. The van der Waals surface area contributed by atoms with Crippen LogP contribution in [0.15, 0.2) is 22.7 Å². The maximum atomic E-state index is 10.4. The van der Waals surface area contributed by atoms with E-state index in [1.54, 1.807) is 6.07 Å². The van der Waals surface area contributed by atoms with Crippen molar-refractivity contribution in [2.45, 2.75) is 0 Å². The van der Waals surface area contributed by atoms with Gasteiger partial charge in [0.15, 0.2) is 0 Å². The molecular weight excluding hydrogens is 274 g/mol. The fraction of sp³-hybridized carbons (Fsp3) is 0. The van der Waals surface area contributed by atoms with Crippen molar-refractivity contribution >= 4 is 44.7 Å². The lowest BCUT2D eigenvalue weighted by Crippen LogP contribution is -1.89. The summed E-state index contributed by atoms with van der Waals surface area (Å²) in [4.78, 5) is 9.97. The van der Waals surface area contributed by atoms with E-state index in [1.807, 2.05) is 0 Å². The molecule has 1 aromatic rings. The van der Waals surface area contributed by atoms with Crippen LogP contribution in [0.4, 0.5) is 11.4 Å². The summed E-state index contributed by atoms with van der Waals surface area (Å²) in [5.74, 6) is 0. The third-order valence-corrected chi connectivity index (χ3v) is 2.87. The molecule has 0 radical (unpaired) electrons. The predicted molar refractivity (Wildman–Crippen MR) is 62.4 cm³/mol. The van der Waals surface area contributed by atoms with Crippen molar-refractivity contribution in [3.8, 4) is 0 Å². The second-order valence-electron chi connectivity index (χ2n) is 2.19. The maximum absolute atomic E-state index is 10.4. The summed E-state index contributed by atoms with van der Waals surface area (Å²) in [5.41, 5.74) is 0.948. The van der Waals surface area contributed by atoms with Gasteiger partial charge in [-0.1, -0.05) is 8.93 Å². The van der Waals surface area contributed by atoms with Gasteiger partial charge in [-0.2, -0.15) is 0 Å². The van der Waals surface area contributed by atoms with Crippen LogP contribution in [-0.2, 0) is 0 Å². The average Bonchev–Trinajstić information content (AvgIpc) is 2.08. The summed E-state index contributed by atoms with van der Waals surface area (Å²) >= 11 is 3.24. The summed E-state index contributed by atoms with van der Waals surface area (Å²) in [6.07, 6.45) is 0. The van der Waals surface area contributed by atoms with Crippen LogP contribution in [0.25, 0.3) is 0 Å². The van der Waals surface area contributed by atoms with Gasteiger partial charge in [0.2, 0.25) is 0 Å². The summed E-state index contributed by atoms with van der Waals surface area (Å²) in [6, 6.07) is 4.63. The Hall–Kier alpha value is -0.240. The molecule has 4 nitrogen and oxygen atoms in total. The van der Waals surface area contributed by atoms with Crippen molar-refractivity contribution < 1.29 is 4.92 Å². The van der Waals surface area contributed by atoms with E-state index in [-0.39, 0.29) is 5.69 Å². The minimum absolute atomic E-state index is 0.0875. The lowest BCUT2D eigenvalue weighted by atomic mass is 10.3. The number of nitrogens with zero attached hydrogens (tertiary/aromatic N) is 1. The van der Waals surface area contributed by atoms with Crippen LogP contribution >= 0.6 is 33.3 Å². The SMILES string of the molecule is O=[N+]([O-])c1ccc(NPP)c(Br)c1. The number of rotatable bonds is 3. The van der Waals surface area contributed by atoms with E-state index < -0.39 is 4.92 Å². The van der Waals surface area contributed by atoms with Gasteiger partial charge in [-0.3, -0.25) is 10.1 Å². The normalized spacial score (nSPS) is 10.6. The standard InChI is InChI=1S/C6H7BrN2O2P2/c7-5-3-4(9(10)11)1-2-6(5)8-13-12/h1-3,8,13H,12H2. The number of nitrogens with one attached hydrogen (secondary N) is 1. The average molecular weight is 281 g/mol. The Kier molecular flexibility index (Phi) is 4.04. The maximum Gasteiger partial charge on any atom is 0.270 e. The lowest BCUT2D eigenvalue weighted by molar-refractivity contribution is -0.384. The Bertz CT molecular complexity index is 334. The monoisotopic (exact) mass is 280 g/mol. The number of nitro groups is 1. The first kappa shape index (κ1) is 10.8. The van der Waals surface area contributed by atoms with Crippen LogP contribution in [0, 0.1) is 10.1 Å². The number of nitro benzene ring substituents is 1. The first-order valence-electron chi connectivity index (χ1n) is 3.30. The van der Waals surface area contributed by atoms with Crippen LogP contribution < -0.4 is 5.09 Å². The molecule has 0 spiro atoms. The van der Waals surface area contributed by atoms with Crippen LogP contribution in [0.1, 0.15) is 0 Å². The molecule has 13 heavy (non-hydrogen) atoms. The second kappa shape index (κ2) is 4.85. The molecule has 0 fully saturated rings. The molecule has 0 heterocycles. The molecule has 0 aliphatic carbocycles. The Morgan fingerprint density at radius 3 is 2.77 bits per heavy atom. The van der Waals surface area contributed by atoms with Crippen LogP contribution in [-0.4, -0.2) is 4.92 Å². The second-order valence-corrected chi connectivity index (χ2v) is 4.45. The Labute approximate surface area is 87.7 Å². The van der Waals surface area contributed by atoms with Gasteiger partial charge in [0.25, 0.3) is 5.69 Å². The molecular formula is C6H7BrN2O2P2. The van der Waals surface area contributed by atoms with Crippen molar-refractivity contribution in [2.75, 3.05) is 5.09 Å². The number of benzene rings is 1. The molecule has 1 aromatic carbocycles. The molecule has 0 saturated carbocycles. The van der Waals surface area contributed by atoms with Crippen molar-refractivity contribution in [3.05, 3.63) is 32.8 Å². The van der Waals surface area contributed by atoms with E-state index in [0.717, 1.165) is 5.69 Å². The summed E-state index contributed by atoms with van der Waals surface area (Å²) in [5, 5.41) is 13.4. The molecule has 1 rings (SSSR count). The number of non-ortho nitro benzene ring substituents is 1. The zero-order chi connectivity index (χ0) is 9.84. The van der Waals surface area contributed by atoms with E-state index in [0.29, 0.717) is 12.9 Å². The third-order valence-electron chi connectivity index (χ3n) is 1.37. The largest absolute Gasteiger partial charge is 0.363 e. The van der Waals surface area contributed by atoms with E-state index in [9.17, 15) is 10.1 Å².